The van der Waals surface area contributed by atoms with E-state index >= 15 is 0 Å². The van der Waals surface area contributed by atoms with Crippen molar-refractivity contribution in [3.63, 3.8) is 0 Å². The van der Waals surface area contributed by atoms with Crippen molar-refractivity contribution < 1.29 is 8.42 Å². The van der Waals surface area contributed by atoms with Gasteiger partial charge in [-0.25, -0.2) is 8.42 Å². The van der Waals surface area contributed by atoms with Gasteiger partial charge in [-0.05, 0) is 30.1 Å². The van der Waals surface area contributed by atoms with E-state index in [1.165, 1.54) is 6.26 Å². The second kappa shape index (κ2) is 6.31. The van der Waals surface area contributed by atoms with E-state index in [4.69, 9.17) is 0 Å². The predicted molar refractivity (Wildman–Crippen MR) is 75.6 cm³/mol. The molecule has 96 valence electrons. The van der Waals surface area contributed by atoms with Gasteiger partial charge in [-0.3, -0.25) is 0 Å². The third kappa shape index (κ3) is 4.60. The van der Waals surface area contributed by atoms with Crippen molar-refractivity contribution in [3.05, 3.63) is 24.3 Å². The summed E-state index contributed by atoms with van der Waals surface area (Å²) in [6.07, 6.45) is 3.31. The Hall–Kier alpha value is -0.680. The van der Waals surface area contributed by atoms with E-state index in [1.54, 1.807) is 23.9 Å². The van der Waals surface area contributed by atoms with Crippen molar-refractivity contribution in [2.24, 2.45) is 5.92 Å². The Morgan fingerprint density at radius 1 is 1.35 bits per heavy atom. The molecular formula is C12H19NO2S2. The summed E-state index contributed by atoms with van der Waals surface area (Å²) in [4.78, 5) is 0.372. The number of hydrogen-bond acceptors (Lipinski definition) is 4. The van der Waals surface area contributed by atoms with Crippen molar-refractivity contribution >= 4 is 27.3 Å². The number of nitrogens with one attached hydrogen (secondary N) is 1. The van der Waals surface area contributed by atoms with Crippen LogP contribution in [0, 0.1) is 5.92 Å². The van der Waals surface area contributed by atoms with Crippen molar-refractivity contribution in [2.75, 3.05) is 30.1 Å². The molecule has 3 nitrogen and oxygen atoms in total. The van der Waals surface area contributed by atoms with Gasteiger partial charge >= 0.3 is 0 Å². The van der Waals surface area contributed by atoms with Crippen LogP contribution in [0.1, 0.15) is 6.92 Å². The molecule has 1 aromatic rings. The largest absolute Gasteiger partial charge is 0.384 e. The number of hydrogen-bond donors (Lipinski definition) is 1. The minimum atomic E-state index is -3.16. The summed E-state index contributed by atoms with van der Waals surface area (Å²) in [5.74, 6) is 1.58. The van der Waals surface area contributed by atoms with Gasteiger partial charge in [0.25, 0.3) is 0 Å². The highest BCUT2D eigenvalue weighted by Gasteiger charge is 2.12. The highest BCUT2D eigenvalue weighted by Crippen LogP contribution is 2.21. The molecule has 0 radical (unpaired) electrons. The third-order valence-corrected chi connectivity index (χ3v) is 4.44. The Bertz CT molecular complexity index is 457. The number of anilines is 1. The number of para-hydroxylation sites is 1. The molecule has 0 aliphatic carbocycles. The molecule has 0 saturated carbocycles. The van der Waals surface area contributed by atoms with Gasteiger partial charge in [0, 0.05) is 12.8 Å². The van der Waals surface area contributed by atoms with Crippen LogP contribution in [0.2, 0.25) is 0 Å². The van der Waals surface area contributed by atoms with Crippen LogP contribution in [0.15, 0.2) is 29.2 Å². The Morgan fingerprint density at radius 3 is 2.59 bits per heavy atom. The molecule has 0 aliphatic heterocycles. The minimum Gasteiger partial charge on any atom is -0.384 e. The van der Waals surface area contributed by atoms with Crippen LogP contribution in [0.5, 0.6) is 0 Å². The summed E-state index contributed by atoms with van der Waals surface area (Å²) in [7, 11) is -3.16. The highest BCUT2D eigenvalue weighted by molar-refractivity contribution is 7.98. The molecule has 0 amide bonds. The van der Waals surface area contributed by atoms with E-state index in [0.29, 0.717) is 16.5 Å². The fourth-order valence-electron chi connectivity index (χ4n) is 1.56. The number of benzene rings is 1. The first-order valence-electron chi connectivity index (χ1n) is 5.47. The summed E-state index contributed by atoms with van der Waals surface area (Å²) in [5, 5.41) is 3.21. The Kier molecular flexibility index (Phi) is 5.33. The highest BCUT2D eigenvalue weighted by atomic mass is 32.2. The van der Waals surface area contributed by atoms with Crippen LogP contribution in [0.25, 0.3) is 0 Å². The SMILES string of the molecule is CSCC(C)CNc1ccccc1S(C)(=O)=O. The van der Waals surface area contributed by atoms with Gasteiger partial charge in [0.2, 0.25) is 0 Å². The monoisotopic (exact) mass is 273 g/mol. The van der Waals surface area contributed by atoms with Gasteiger partial charge in [0.15, 0.2) is 9.84 Å². The van der Waals surface area contributed by atoms with Gasteiger partial charge in [-0.2, -0.15) is 11.8 Å². The van der Waals surface area contributed by atoms with Crippen LogP contribution < -0.4 is 5.32 Å². The molecule has 1 atom stereocenters. The molecule has 1 aromatic carbocycles. The van der Waals surface area contributed by atoms with Crippen molar-refractivity contribution in [1.82, 2.24) is 0 Å². The standard InChI is InChI=1S/C12H19NO2S2/c1-10(9-16-2)8-13-11-6-4-5-7-12(11)17(3,14)15/h4-7,10,13H,8-9H2,1-3H3. The van der Waals surface area contributed by atoms with E-state index in [1.807, 2.05) is 12.1 Å². The number of sulfone groups is 1. The second-order valence-electron chi connectivity index (χ2n) is 4.21. The smallest absolute Gasteiger partial charge is 0.177 e. The lowest BCUT2D eigenvalue weighted by molar-refractivity contribution is 0.602. The minimum absolute atomic E-state index is 0.372. The first kappa shape index (κ1) is 14.4. The van der Waals surface area contributed by atoms with Crippen LogP contribution in [-0.2, 0) is 9.84 Å². The maximum absolute atomic E-state index is 11.6. The number of thioether (sulfide) groups is 1. The quantitative estimate of drug-likeness (QED) is 0.865. The zero-order valence-corrected chi connectivity index (χ0v) is 12.1. The summed E-state index contributed by atoms with van der Waals surface area (Å²) in [6.45, 7) is 2.93. The molecule has 5 heteroatoms. The maximum Gasteiger partial charge on any atom is 0.177 e. The Morgan fingerprint density at radius 2 is 2.00 bits per heavy atom. The van der Waals surface area contributed by atoms with E-state index in [-0.39, 0.29) is 0 Å². The Labute approximate surface area is 108 Å². The fraction of sp³-hybridized carbons (Fsp3) is 0.500. The molecule has 0 aliphatic rings. The summed E-state index contributed by atoms with van der Waals surface area (Å²) in [6, 6.07) is 7.03. The van der Waals surface area contributed by atoms with Gasteiger partial charge in [0.1, 0.15) is 0 Å². The van der Waals surface area contributed by atoms with Crippen LogP contribution in [0.3, 0.4) is 0 Å². The molecule has 0 fully saturated rings. The number of rotatable bonds is 6. The van der Waals surface area contributed by atoms with Crippen LogP contribution >= 0.6 is 11.8 Å². The zero-order chi connectivity index (χ0) is 12.9. The van der Waals surface area contributed by atoms with Gasteiger partial charge in [-0.1, -0.05) is 19.1 Å². The first-order valence-corrected chi connectivity index (χ1v) is 8.75. The lowest BCUT2D eigenvalue weighted by Crippen LogP contribution is -2.15. The molecule has 0 spiro atoms. The molecule has 17 heavy (non-hydrogen) atoms. The topological polar surface area (TPSA) is 46.2 Å². The van der Waals surface area contributed by atoms with Crippen LogP contribution in [-0.4, -0.2) is 33.2 Å². The van der Waals surface area contributed by atoms with Crippen molar-refractivity contribution in [1.29, 1.82) is 0 Å². The average molecular weight is 273 g/mol. The van der Waals surface area contributed by atoms with Gasteiger partial charge < -0.3 is 5.32 Å². The molecule has 1 rings (SSSR count). The van der Waals surface area contributed by atoms with E-state index < -0.39 is 9.84 Å². The summed E-state index contributed by atoms with van der Waals surface area (Å²) < 4.78 is 23.2. The lowest BCUT2D eigenvalue weighted by atomic mass is 10.2. The van der Waals surface area contributed by atoms with Crippen molar-refractivity contribution in [3.8, 4) is 0 Å². The molecule has 1 unspecified atom stereocenters. The summed E-state index contributed by atoms with van der Waals surface area (Å²) in [5.41, 5.74) is 0.697. The molecule has 0 saturated heterocycles. The Balaban J connectivity index is 2.78. The van der Waals surface area contributed by atoms with E-state index in [2.05, 4.69) is 18.5 Å². The molecule has 0 heterocycles. The second-order valence-corrected chi connectivity index (χ2v) is 7.10. The van der Waals surface area contributed by atoms with Crippen molar-refractivity contribution in [2.45, 2.75) is 11.8 Å². The lowest BCUT2D eigenvalue weighted by Gasteiger charge is -2.14. The van der Waals surface area contributed by atoms with Gasteiger partial charge in [0.05, 0.1) is 10.6 Å². The van der Waals surface area contributed by atoms with E-state index in [0.717, 1.165) is 12.3 Å². The van der Waals surface area contributed by atoms with Crippen LogP contribution in [0.4, 0.5) is 5.69 Å². The maximum atomic E-state index is 11.6. The molecule has 1 N–H and O–H groups in total. The van der Waals surface area contributed by atoms with Gasteiger partial charge in [-0.15, -0.1) is 0 Å². The van der Waals surface area contributed by atoms with E-state index in [9.17, 15) is 8.42 Å². The molecule has 0 aromatic heterocycles. The first-order chi connectivity index (χ1) is 7.95. The zero-order valence-electron chi connectivity index (χ0n) is 10.4. The normalized spacial score (nSPS) is 13.4. The summed E-state index contributed by atoms with van der Waals surface area (Å²) >= 11 is 1.80. The molecule has 0 bridgehead atoms. The molecular weight excluding hydrogens is 254 g/mol. The average Bonchev–Trinajstić information content (AvgIpc) is 2.26. The third-order valence-electron chi connectivity index (χ3n) is 2.38. The fourth-order valence-corrected chi connectivity index (χ4v) is 3.12. The predicted octanol–water partition coefficient (Wildman–Crippen LogP) is 2.50.